The molecule has 0 saturated carbocycles. The average molecular weight is 345 g/mol. The third kappa shape index (κ3) is 5.27. The molecule has 0 bridgehead atoms. The van der Waals surface area contributed by atoms with Crippen molar-refractivity contribution >= 4 is 6.03 Å². The lowest BCUT2D eigenvalue weighted by Gasteiger charge is -2.14. The summed E-state index contributed by atoms with van der Waals surface area (Å²) in [6, 6.07) is 8.95. The van der Waals surface area contributed by atoms with Crippen LogP contribution in [0.5, 0.6) is 17.2 Å². The predicted octanol–water partition coefficient (Wildman–Crippen LogP) is 2.15. The second-order valence-electron chi connectivity index (χ2n) is 5.20. The molecule has 0 spiro atoms. The Balaban J connectivity index is 1.87. The summed E-state index contributed by atoms with van der Waals surface area (Å²) in [4.78, 5) is 16.0. The van der Waals surface area contributed by atoms with E-state index in [1.807, 2.05) is 24.3 Å². The fourth-order valence-electron chi connectivity index (χ4n) is 2.33. The number of ether oxygens (including phenoxy) is 3. The summed E-state index contributed by atoms with van der Waals surface area (Å²) in [5.41, 5.74) is 1.73. The summed E-state index contributed by atoms with van der Waals surface area (Å²) >= 11 is 0. The van der Waals surface area contributed by atoms with E-state index in [-0.39, 0.29) is 6.03 Å². The first-order valence-electron chi connectivity index (χ1n) is 7.88. The third-order valence-electron chi connectivity index (χ3n) is 3.62. The number of hydrogen-bond donors (Lipinski definition) is 2. The number of carbonyl (C=O) groups is 1. The van der Waals surface area contributed by atoms with E-state index in [4.69, 9.17) is 14.2 Å². The van der Waals surface area contributed by atoms with Gasteiger partial charge in [0.2, 0.25) is 0 Å². The normalized spacial score (nSPS) is 10.0. The number of pyridine rings is 1. The van der Waals surface area contributed by atoms with Crippen molar-refractivity contribution in [2.45, 2.75) is 13.0 Å². The molecule has 2 aromatic rings. The lowest BCUT2D eigenvalue weighted by atomic mass is 10.1. The molecule has 0 atom stereocenters. The van der Waals surface area contributed by atoms with Crippen LogP contribution < -0.4 is 24.8 Å². The molecule has 2 N–H and O–H groups in total. The Morgan fingerprint density at radius 1 is 1.00 bits per heavy atom. The van der Waals surface area contributed by atoms with Crippen LogP contribution >= 0.6 is 0 Å². The number of amides is 2. The van der Waals surface area contributed by atoms with Crippen LogP contribution in [-0.4, -0.2) is 38.9 Å². The van der Waals surface area contributed by atoms with E-state index in [9.17, 15) is 4.79 Å². The monoisotopic (exact) mass is 345 g/mol. The van der Waals surface area contributed by atoms with Crippen molar-refractivity contribution < 1.29 is 19.0 Å². The number of carbonyl (C=O) groups excluding carboxylic acids is 1. The Morgan fingerprint density at radius 3 is 2.36 bits per heavy atom. The minimum absolute atomic E-state index is 0.245. The summed E-state index contributed by atoms with van der Waals surface area (Å²) in [5, 5.41) is 5.58. The van der Waals surface area contributed by atoms with Gasteiger partial charge in [-0.2, -0.15) is 0 Å². The van der Waals surface area contributed by atoms with Gasteiger partial charge < -0.3 is 24.8 Å². The average Bonchev–Trinajstić information content (AvgIpc) is 2.66. The number of benzene rings is 1. The Labute approximate surface area is 147 Å². The third-order valence-corrected chi connectivity index (χ3v) is 3.62. The van der Waals surface area contributed by atoms with Crippen molar-refractivity contribution in [1.29, 1.82) is 0 Å². The van der Waals surface area contributed by atoms with Gasteiger partial charge in [0.15, 0.2) is 11.5 Å². The van der Waals surface area contributed by atoms with Crippen LogP contribution in [0.2, 0.25) is 0 Å². The van der Waals surface area contributed by atoms with Crippen LogP contribution in [0.4, 0.5) is 4.79 Å². The zero-order chi connectivity index (χ0) is 18.1. The van der Waals surface area contributed by atoms with Crippen LogP contribution in [0.1, 0.15) is 11.3 Å². The SMILES string of the molecule is COc1cc(OC)c(OC)cc1CCNC(=O)NCc1ccccn1. The molecule has 0 aliphatic heterocycles. The fourth-order valence-corrected chi connectivity index (χ4v) is 2.33. The van der Waals surface area contributed by atoms with Gasteiger partial charge in [0.05, 0.1) is 33.6 Å². The topological polar surface area (TPSA) is 81.7 Å². The molecule has 1 aromatic heterocycles. The molecule has 0 fully saturated rings. The smallest absolute Gasteiger partial charge is 0.315 e. The second-order valence-corrected chi connectivity index (χ2v) is 5.20. The van der Waals surface area contributed by atoms with E-state index in [1.165, 1.54) is 0 Å². The van der Waals surface area contributed by atoms with Gasteiger partial charge in [-0.1, -0.05) is 6.07 Å². The van der Waals surface area contributed by atoms with E-state index in [0.717, 1.165) is 11.3 Å². The zero-order valence-electron chi connectivity index (χ0n) is 14.7. The largest absolute Gasteiger partial charge is 0.496 e. The Kier molecular flexibility index (Phi) is 6.88. The fraction of sp³-hybridized carbons (Fsp3) is 0.333. The van der Waals surface area contributed by atoms with E-state index in [2.05, 4.69) is 15.6 Å². The van der Waals surface area contributed by atoms with Crippen LogP contribution in [0.3, 0.4) is 0 Å². The number of nitrogens with one attached hydrogen (secondary N) is 2. The highest BCUT2D eigenvalue weighted by Crippen LogP contribution is 2.34. The Bertz CT molecular complexity index is 692. The minimum Gasteiger partial charge on any atom is -0.496 e. The number of methoxy groups -OCH3 is 3. The maximum Gasteiger partial charge on any atom is 0.315 e. The van der Waals surface area contributed by atoms with Gasteiger partial charge in [0.1, 0.15) is 5.75 Å². The molecule has 2 amide bonds. The lowest BCUT2D eigenvalue weighted by Crippen LogP contribution is -2.36. The van der Waals surface area contributed by atoms with Gasteiger partial charge in [0.25, 0.3) is 0 Å². The molecule has 25 heavy (non-hydrogen) atoms. The molecule has 1 heterocycles. The van der Waals surface area contributed by atoms with E-state index < -0.39 is 0 Å². The quantitative estimate of drug-likeness (QED) is 0.766. The molecular weight excluding hydrogens is 322 g/mol. The van der Waals surface area contributed by atoms with Crippen molar-refractivity contribution in [1.82, 2.24) is 15.6 Å². The van der Waals surface area contributed by atoms with E-state index in [0.29, 0.717) is 36.8 Å². The first-order valence-corrected chi connectivity index (χ1v) is 7.88. The highest BCUT2D eigenvalue weighted by Gasteiger charge is 2.12. The summed E-state index contributed by atoms with van der Waals surface area (Å²) < 4.78 is 15.9. The number of urea groups is 1. The van der Waals surface area contributed by atoms with E-state index in [1.54, 1.807) is 33.6 Å². The molecule has 0 radical (unpaired) electrons. The highest BCUT2D eigenvalue weighted by molar-refractivity contribution is 5.73. The maximum atomic E-state index is 11.9. The molecular formula is C18H23N3O4. The molecule has 2 rings (SSSR count). The zero-order valence-corrected chi connectivity index (χ0v) is 14.7. The van der Waals surface area contributed by atoms with Crippen molar-refractivity contribution in [2.75, 3.05) is 27.9 Å². The second kappa shape index (κ2) is 9.36. The molecule has 1 aromatic carbocycles. The van der Waals surface area contributed by atoms with Crippen molar-refractivity contribution in [3.8, 4) is 17.2 Å². The summed E-state index contributed by atoms with van der Waals surface area (Å²) in [5.74, 6) is 1.91. The molecule has 0 aliphatic carbocycles. The Hall–Kier alpha value is -2.96. The molecule has 7 heteroatoms. The van der Waals surface area contributed by atoms with E-state index >= 15 is 0 Å². The van der Waals surface area contributed by atoms with Crippen LogP contribution in [0.15, 0.2) is 36.5 Å². The molecule has 0 aliphatic rings. The van der Waals surface area contributed by atoms with Crippen LogP contribution in [-0.2, 0) is 13.0 Å². The summed E-state index contributed by atoms with van der Waals surface area (Å²) in [7, 11) is 4.75. The van der Waals surface area contributed by atoms with Crippen LogP contribution in [0.25, 0.3) is 0 Å². The Morgan fingerprint density at radius 2 is 1.72 bits per heavy atom. The number of hydrogen-bond acceptors (Lipinski definition) is 5. The van der Waals surface area contributed by atoms with Gasteiger partial charge in [-0.25, -0.2) is 4.79 Å². The highest BCUT2D eigenvalue weighted by atomic mass is 16.5. The standard InChI is InChI=1S/C18H23N3O4/c1-23-15-11-17(25-3)16(24-2)10-13(15)7-9-20-18(22)21-12-14-6-4-5-8-19-14/h4-6,8,10-11H,7,9,12H2,1-3H3,(H2,20,21,22). The minimum atomic E-state index is -0.245. The van der Waals surface area contributed by atoms with Gasteiger partial charge in [0, 0.05) is 18.8 Å². The van der Waals surface area contributed by atoms with Gasteiger partial charge in [-0.05, 0) is 30.2 Å². The van der Waals surface area contributed by atoms with Gasteiger partial charge in [-0.15, -0.1) is 0 Å². The first-order chi connectivity index (χ1) is 12.2. The molecule has 7 nitrogen and oxygen atoms in total. The first kappa shape index (κ1) is 18.4. The number of nitrogens with zero attached hydrogens (tertiary/aromatic N) is 1. The van der Waals surface area contributed by atoms with Crippen molar-refractivity contribution in [3.05, 3.63) is 47.8 Å². The van der Waals surface area contributed by atoms with Crippen molar-refractivity contribution in [3.63, 3.8) is 0 Å². The lowest BCUT2D eigenvalue weighted by molar-refractivity contribution is 0.240. The molecule has 134 valence electrons. The maximum absolute atomic E-state index is 11.9. The molecule has 0 unspecified atom stereocenters. The number of rotatable bonds is 8. The summed E-state index contributed by atoms with van der Waals surface area (Å²) in [6.45, 7) is 0.840. The van der Waals surface area contributed by atoms with Crippen molar-refractivity contribution in [2.24, 2.45) is 0 Å². The number of aromatic nitrogens is 1. The van der Waals surface area contributed by atoms with Gasteiger partial charge in [-0.3, -0.25) is 4.98 Å². The molecule has 0 saturated heterocycles. The van der Waals surface area contributed by atoms with Crippen LogP contribution in [0, 0.1) is 0 Å². The van der Waals surface area contributed by atoms with Gasteiger partial charge >= 0.3 is 6.03 Å². The predicted molar refractivity (Wildman–Crippen MR) is 94.3 cm³/mol. The summed E-state index contributed by atoms with van der Waals surface area (Å²) in [6.07, 6.45) is 2.29.